The van der Waals surface area contributed by atoms with Gasteiger partial charge < -0.3 is 4.90 Å². The zero-order valence-electron chi connectivity index (χ0n) is 18.4. The monoisotopic (exact) mass is 492 g/mol. The van der Waals surface area contributed by atoms with Crippen LogP contribution in [0.1, 0.15) is 25.7 Å². The van der Waals surface area contributed by atoms with E-state index >= 15 is 0 Å². The third-order valence-corrected chi connectivity index (χ3v) is 10.6. The van der Waals surface area contributed by atoms with Crippen molar-refractivity contribution < 1.29 is 21.6 Å². The molecule has 9 nitrogen and oxygen atoms in total. The summed E-state index contributed by atoms with van der Waals surface area (Å²) in [6.45, 7) is 1.71. The number of sulfonamides is 1. The van der Waals surface area contributed by atoms with Gasteiger partial charge in [0.1, 0.15) is 6.54 Å². The summed E-state index contributed by atoms with van der Waals surface area (Å²) in [6.07, 6.45) is 3.84. The molecule has 0 aromatic heterocycles. The topological polar surface area (TPSA) is 98.3 Å². The normalized spacial score (nSPS) is 21.9. The molecule has 11 heteroatoms. The van der Waals surface area contributed by atoms with Crippen LogP contribution in [0.5, 0.6) is 0 Å². The lowest BCUT2D eigenvalue weighted by atomic mass is 10.1. The summed E-state index contributed by atoms with van der Waals surface area (Å²) in [5.74, 6) is -0.324. The van der Waals surface area contributed by atoms with Crippen molar-refractivity contribution in [1.82, 2.24) is 13.5 Å². The number of anilines is 1. The second-order valence-electron chi connectivity index (χ2n) is 8.74. The van der Waals surface area contributed by atoms with Gasteiger partial charge in [-0.2, -0.15) is 17.0 Å². The first-order valence-electron chi connectivity index (χ1n) is 11.4. The molecular formula is C22H28N4O5S2. The third kappa shape index (κ3) is 3.90. The highest BCUT2D eigenvalue weighted by molar-refractivity contribution is 7.93. The van der Waals surface area contributed by atoms with E-state index in [0.29, 0.717) is 24.2 Å². The molecule has 3 heterocycles. The standard InChI is InChI=1S/C22H28N4O5S2/c27-21(17-26-19-9-5-7-18-8-6-10-20(22(18)19)32(26,28)29)23-13-15-25(16-14-23)33(30,31)24-11-3-1-2-4-12-24/h5-10H,1-4,11-17H2. The predicted molar refractivity (Wildman–Crippen MR) is 126 cm³/mol. The summed E-state index contributed by atoms with van der Waals surface area (Å²) in [4.78, 5) is 14.8. The summed E-state index contributed by atoms with van der Waals surface area (Å²) in [5.41, 5.74) is 0.513. The van der Waals surface area contributed by atoms with Gasteiger partial charge >= 0.3 is 0 Å². The highest BCUT2D eigenvalue weighted by Crippen LogP contribution is 2.41. The lowest BCUT2D eigenvalue weighted by Crippen LogP contribution is -2.55. The zero-order chi connectivity index (χ0) is 23.2. The van der Waals surface area contributed by atoms with E-state index in [1.165, 1.54) is 8.61 Å². The molecule has 2 fully saturated rings. The van der Waals surface area contributed by atoms with Crippen molar-refractivity contribution in [2.45, 2.75) is 30.6 Å². The fraction of sp³-hybridized carbons (Fsp3) is 0.500. The van der Waals surface area contributed by atoms with Crippen LogP contribution in [0.3, 0.4) is 0 Å². The minimum atomic E-state index is -3.81. The van der Waals surface area contributed by atoms with E-state index in [-0.39, 0.29) is 43.5 Å². The number of benzene rings is 2. The van der Waals surface area contributed by atoms with Crippen LogP contribution in [-0.4, -0.2) is 82.1 Å². The smallest absolute Gasteiger partial charge is 0.282 e. The van der Waals surface area contributed by atoms with Crippen LogP contribution in [0.4, 0.5) is 5.69 Å². The first kappa shape index (κ1) is 22.6. The first-order valence-corrected chi connectivity index (χ1v) is 14.2. The van der Waals surface area contributed by atoms with Crippen molar-refractivity contribution in [2.75, 3.05) is 50.1 Å². The van der Waals surface area contributed by atoms with Crippen LogP contribution < -0.4 is 4.31 Å². The molecule has 0 N–H and O–H groups in total. The summed E-state index contributed by atoms with van der Waals surface area (Å²) < 4.78 is 56.5. The van der Waals surface area contributed by atoms with Crippen molar-refractivity contribution in [3.05, 3.63) is 36.4 Å². The highest BCUT2D eigenvalue weighted by Gasteiger charge is 2.39. The molecule has 178 valence electrons. The second-order valence-corrected chi connectivity index (χ2v) is 12.5. The minimum Gasteiger partial charge on any atom is -0.338 e. The van der Waals surface area contributed by atoms with E-state index in [1.807, 2.05) is 12.1 Å². The summed E-state index contributed by atoms with van der Waals surface area (Å²) >= 11 is 0. The van der Waals surface area contributed by atoms with Gasteiger partial charge in [-0.25, -0.2) is 8.42 Å². The Balaban J connectivity index is 1.27. The maximum atomic E-state index is 13.1. The number of hydrogen-bond donors (Lipinski definition) is 0. The van der Waals surface area contributed by atoms with Gasteiger partial charge in [0.05, 0.1) is 10.6 Å². The minimum absolute atomic E-state index is 0.215. The maximum absolute atomic E-state index is 13.1. The molecule has 33 heavy (non-hydrogen) atoms. The summed E-state index contributed by atoms with van der Waals surface area (Å²) in [6, 6.07) is 10.5. The van der Waals surface area contributed by atoms with Crippen molar-refractivity contribution >= 4 is 42.6 Å². The van der Waals surface area contributed by atoms with Gasteiger partial charge in [-0.3, -0.25) is 9.10 Å². The van der Waals surface area contributed by atoms with E-state index in [4.69, 9.17) is 0 Å². The molecule has 5 rings (SSSR count). The molecule has 2 aromatic rings. The van der Waals surface area contributed by atoms with Gasteiger partial charge in [-0.15, -0.1) is 0 Å². The Morgan fingerprint density at radius 1 is 0.818 bits per heavy atom. The van der Waals surface area contributed by atoms with E-state index in [0.717, 1.165) is 31.1 Å². The zero-order valence-corrected chi connectivity index (χ0v) is 20.0. The van der Waals surface area contributed by atoms with Crippen LogP contribution >= 0.6 is 0 Å². The Kier molecular flexibility index (Phi) is 5.84. The molecule has 2 saturated heterocycles. The fourth-order valence-electron chi connectivity index (χ4n) is 4.96. The molecule has 0 atom stereocenters. The molecule has 0 saturated carbocycles. The average Bonchev–Trinajstić information content (AvgIpc) is 3.01. The largest absolute Gasteiger partial charge is 0.338 e. The molecule has 1 amide bonds. The quantitative estimate of drug-likeness (QED) is 0.646. The van der Waals surface area contributed by atoms with Crippen LogP contribution in [0, 0.1) is 0 Å². The number of carbonyl (C=O) groups is 1. The molecule has 0 bridgehead atoms. The highest BCUT2D eigenvalue weighted by atomic mass is 32.2. The number of carbonyl (C=O) groups excluding carboxylic acids is 1. The maximum Gasteiger partial charge on any atom is 0.282 e. The second kappa shape index (κ2) is 8.53. The molecule has 3 aliphatic rings. The van der Waals surface area contributed by atoms with Crippen molar-refractivity contribution in [2.24, 2.45) is 0 Å². The van der Waals surface area contributed by atoms with E-state index in [2.05, 4.69) is 0 Å². The molecule has 0 aliphatic carbocycles. The average molecular weight is 493 g/mol. The third-order valence-electron chi connectivity index (χ3n) is 6.77. The van der Waals surface area contributed by atoms with Gasteiger partial charge in [-0.05, 0) is 30.4 Å². The lowest BCUT2D eigenvalue weighted by molar-refractivity contribution is -0.130. The number of piperazine rings is 1. The molecule has 0 spiro atoms. The van der Waals surface area contributed by atoms with E-state index in [1.54, 1.807) is 33.5 Å². The van der Waals surface area contributed by atoms with Gasteiger partial charge in [0.25, 0.3) is 20.2 Å². The molecule has 2 aromatic carbocycles. The Labute approximate surface area is 194 Å². The fourth-order valence-corrected chi connectivity index (χ4v) is 8.29. The van der Waals surface area contributed by atoms with Crippen LogP contribution in [0.2, 0.25) is 0 Å². The Morgan fingerprint density at radius 3 is 2.09 bits per heavy atom. The summed E-state index contributed by atoms with van der Waals surface area (Å²) in [7, 11) is -7.35. The first-order chi connectivity index (χ1) is 15.8. The lowest BCUT2D eigenvalue weighted by Gasteiger charge is -2.37. The Bertz CT molecular complexity index is 1270. The van der Waals surface area contributed by atoms with Crippen LogP contribution in [0.25, 0.3) is 10.8 Å². The van der Waals surface area contributed by atoms with Crippen molar-refractivity contribution in [3.63, 3.8) is 0 Å². The predicted octanol–water partition coefficient (Wildman–Crippen LogP) is 1.61. The van der Waals surface area contributed by atoms with Gasteiger partial charge in [0, 0.05) is 44.7 Å². The number of nitrogens with zero attached hydrogens (tertiary/aromatic N) is 4. The molecule has 0 unspecified atom stereocenters. The number of hydrogen-bond acceptors (Lipinski definition) is 5. The van der Waals surface area contributed by atoms with Crippen molar-refractivity contribution in [1.29, 1.82) is 0 Å². The van der Waals surface area contributed by atoms with Gasteiger partial charge in [0.2, 0.25) is 5.91 Å². The van der Waals surface area contributed by atoms with Crippen LogP contribution in [0.15, 0.2) is 41.3 Å². The van der Waals surface area contributed by atoms with E-state index in [9.17, 15) is 21.6 Å². The van der Waals surface area contributed by atoms with Gasteiger partial charge in [-0.1, -0.05) is 37.1 Å². The summed E-state index contributed by atoms with van der Waals surface area (Å²) in [5, 5.41) is 1.46. The van der Waals surface area contributed by atoms with Crippen LogP contribution in [-0.2, 0) is 25.0 Å². The number of rotatable bonds is 4. The SMILES string of the molecule is O=C(CN1c2cccc3cccc(c23)S1(=O)=O)N1CCN(S(=O)(=O)N2CCCCCC2)CC1. The molecule has 0 radical (unpaired) electrons. The molecular weight excluding hydrogens is 464 g/mol. The number of amides is 1. The Morgan fingerprint density at radius 2 is 1.42 bits per heavy atom. The van der Waals surface area contributed by atoms with Crippen molar-refractivity contribution in [3.8, 4) is 0 Å². The van der Waals surface area contributed by atoms with E-state index < -0.39 is 20.2 Å². The van der Waals surface area contributed by atoms with Gasteiger partial charge in [0.15, 0.2) is 0 Å². The molecule has 3 aliphatic heterocycles. The Hall–Kier alpha value is -2.21.